The Bertz CT molecular complexity index is 568. The van der Waals surface area contributed by atoms with Crippen LogP contribution >= 0.6 is 0 Å². The number of nitrogens with zero attached hydrogens (tertiary/aromatic N) is 1. The topological polar surface area (TPSA) is 64.8 Å². The van der Waals surface area contributed by atoms with Crippen LogP contribution in [-0.4, -0.2) is 43.7 Å². The van der Waals surface area contributed by atoms with Crippen LogP contribution in [0.1, 0.15) is 12.0 Å². The van der Waals surface area contributed by atoms with Crippen molar-refractivity contribution in [2.75, 3.05) is 26.8 Å². The van der Waals surface area contributed by atoms with E-state index in [0.29, 0.717) is 18.7 Å². The van der Waals surface area contributed by atoms with Gasteiger partial charge in [-0.15, -0.1) is 0 Å². The van der Waals surface area contributed by atoms with Gasteiger partial charge in [0, 0.05) is 30.8 Å². The molecule has 0 saturated carbocycles. The molecule has 5 heteroatoms. The summed E-state index contributed by atoms with van der Waals surface area (Å²) < 4.78 is 10.8. The normalized spacial score (nSPS) is 21.0. The summed E-state index contributed by atoms with van der Waals surface area (Å²) in [5, 5.41) is 0. The Hall–Kier alpha value is -2.01. The highest BCUT2D eigenvalue weighted by Gasteiger charge is 2.27. The molecular weight excluding hydrogens is 256 g/mol. The molecule has 1 fully saturated rings. The lowest BCUT2D eigenvalue weighted by atomic mass is 10.1. The number of ether oxygens (including phenoxy) is 2. The third-order valence-corrected chi connectivity index (χ3v) is 3.72. The van der Waals surface area contributed by atoms with E-state index in [9.17, 15) is 4.79 Å². The van der Waals surface area contributed by atoms with Crippen molar-refractivity contribution in [2.45, 2.75) is 12.5 Å². The SMILES string of the molecule is COc1ccc2c(c1)OCC(C(=O)N1CC[C@H](N)C1)=C2. The van der Waals surface area contributed by atoms with Crippen LogP contribution < -0.4 is 15.2 Å². The first-order chi connectivity index (χ1) is 9.67. The van der Waals surface area contributed by atoms with Gasteiger partial charge in [-0.3, -0.25) is 4.79 Å². The fourth-order valence-corrected chi connectivity index (χ4v) is 2.57. The van der Waals surface area contributed by atoms with E-state index in [2.05, 4.69) is 0 Å². The minimum Gasteiger partial charge on any atom is -0.497 e. The minimum atomic E-state index is 0.0272. The number of methoxy groups -OCH3 is 1. The molecule has 2 aliphatic heterocycles. The van der Waals surface area contributed by atoms with Gasteiger partial charge in [-0.25, -0.2) is 0 Å². The quantitative estimate of drug-likeness (QED) is 0.875. The molecule has 3 rings (SSSR count). The van der Waals surface area contributed by atoms with Crippen LogP contribution in [0.3, 0.4) is 0 Å². The molecule has 0 radical (unpaired) electrons. The summed E-state index contributed by atoms with van der Waals surface area (Å²) in [7, 11) is 1.62. The number of carbonyl (C=O) groups is 1. The number of fused-ring (bicyclic) bond motifs is 1. The van der Waals surface area contributed by atoms with Gasteiger partial charge in [-0.1, -0.05) is 0 Å². The van der Waals surface area contributed by atoms with Crippen LogP contribution in [0.25, 0.3) is 6.08 Å². The molecule has 20 heavy (non-hydrogen) atoms. The Labute approximate surface area is 118 Å². The summed E-state index contributed by atoms with van der Waals surface area (Å²) in [6.07, 6.45) is 2.76. The molecule has 0 bridgehead atoms. The van der Waals surface area contributed by atoms with E-state index in [0.717, 1.165) is 30.0 Å². The Balaban J connectivity index is 1.81. The molecule has 1 saturated heterocycles. The molecular formula is C15H18N2O3. The summed E-state index contributed by atoms with van der Waals surface area (Å²) in [5.41, 5.74) is 7.43. The summed E-state index contributed by atoms with van der Waals surface area (Å²) in [6, 6.07) is 5.69. The maximum absolute atomic E-state index is 12.4. The van der Waals surface area contributed by atoms with Crippen molar-refractivity contribution >= 4 is 12.0 Å². The first-order valence-electron chi connectivity index (χ1n) is 6.73. The molecule has 5 nitrogen and oxygen atoms in total. The molecule has 2 heterocycles. The Morgan fingerprint density at radius 1 is 1.50 bits per heavy atom. The molecule has 0 spiro atoms. The van der Waals surface area contributed by atoms with Crippen LogP contribution in [0, 0.1) is 0 Å². The van der Waals surface area contributed by atoms with Crippen LogP contribution in [0.2, 0.25) is 0 Å². The van der Waals surface area contributed by atoms with Crippen molar-refractivity contribution in [3.05, 3.63) is 29.3 Å². The van der Waals surface area contributed by atoms with Crippen LogP contribution in [0.5, 0.6) is 11.5 Å². The molecule has 1 amide bonds. The molecule has 1 aromatic carbocycles. The van der Waals surface area contributed by atoms with Crippen LogP contribution in [0.15, 0.2) is 23.8 Å². The van der Waals surface area contributed by atoms with Crippen molar-refractivity contribution in [3.8, 4) is 11.5 Å². The third-order valence-electron chi connectivity index (χ3n) is 3.72. The Morgan fingerprint density at radius 2 is 2.35 bits per heavy atom. The second kappa shape index (κ2) is 5.17. The average Bonchev–Trinajstić information content (AvgIpc) is 2.92. The van der Waals surface area contributed by atoms with E-state index >= 15 is 0 Å². The van der Waals surface area contributed by atoms with Crippen molar-refractivity contribution in [1.82, 2.24) is 4.90 Å². The van der Waals surface area contributed by atoms with Gasteiger partial charge >= 0.3 is 0 Å². The van der Waals surface area contributed by atoms with Crippen LogP contribution in [0.4, 0.5) is 0 Å². The Morgan fingerprint density at radius 3 is 3.05 bits per heavy atom. The molecule has 2 N–H and O–H groups in total. The van der Waals surface area contributed by atoms with E-state index in [1.54, 1.807) is 12.0 Å². The third kappa shape index (κ3) is 2.36. The van der Waals surface area contributed by atoms with Crippen molar-refractivity contribution in [2.24, 2.45) is 5.73 Å². The second-order valence-electron chi connectivity index (χ2n) is 5.16. The summed E-state index contributed by atoms with van der Waals surface area (Å²) >= 11 is 0. The number of nitrogens with two attached hydrogens (primary N) is 1. The highest BCUT2D eigenvalue weighted by atomic mass is 16.5. The number of hydrogen-bond acceptors (Lipinski definition) is 4. The minimum absolute atomic E-state index is 0.0272. The maximum atomic E-state index is 12.4. The number of amides is 1. The van der Waals surface area contributed by atoms with E-state index in [-0.39, 0.29) is 11.9 Å². The molecule has 0 unspecified atom stereocenters. The first-order valence-corrected chi connectivity index (χ1v) is 6.73. The summed E-state index contributed by atoms with van der Waals surface area (Å²) in [4.78, 5) is 14.2. The molecule has 106 valence electrons. The largest absolute Gasteiger partial charge is 0.497 e. The zero-order valence-electron chi connectivity index (χ0n) is 11.5. The maximum Gasteiger partial charge on any atom is 0.253 e. The number of rotatable bonds is 2. The summed E-state index contributed by atoms with van der Waals surface area (Å²) in [6.45, 7) is 1.66. The van der Waals surface area contributed by atoms with Gasteiger partial charge in [0.1, 0.15) is 18.1 Å². The predicted octanol–water partition coefficient (Wildman–Crippen LogP) is 1.03. The number of hydrogen-bond donors (Lipinski definition) is 1. The van der Waals surface area contributed by atoms with Gasteiger partial charge in [-0.05, 0) is 24.6 Å². The van der Waals surface area contributed by atoms with E-state index in [1.165, 1.54) is 0 Å². The van der Waals surface area contributed by atoms with Crippen molar-refractivity contribution in [3.63, 3.8) is 0 Å². The zero-order valence-corrected chi connectivity index (χ0v) is 11.5. The summed E-state index contributed by atoms with van der Waals surface area (Å²) in [5.74, 6) is 1.52. The lowest BCUT2D eigenvalue weighted by molar-refractivity contribution is -0.126. The lowest BCUT2D eigenvalue weighted by Crippen LogP contribution is -2.34. The molecule has 2 aliphatic rings. The predicted molar refractivity (Wildman–Crippen MR) is 75.6 cm³/mol. The van der Waals surface area contributed by atoms with E-state index in [4.69, 9.17) is 15.2 Å². The van der Waals surface area contributed by atoms with Crippen molar-refractivity contribution in [1.29, 1.82) is 0 Å². The second-order valence-corrected chi connectivity index (χ2v) is 5.16. The lowest BCUT2D eigenvalue weighted by Gasteiger charge is -2.22. The standard InChI is InChI=1S/C15H18N2O3/c1-19-13-3-2-10-6-11(9-20-14(10)7-13)15(18)17-5-4-12(16)8-17/h2-3,6-7,12H,4-5,8-9,16H2,1H3/t12-/m0/s1. The first kappa shape index (κ1) is 13.0. The van der Waals surface area contributed by atoms with E-state index in [1.807, 2.05) is 24.3 Å². The number of benzene rings is 1. The fraction of sp³-hybridized carbons (Fsp3) is 0.400. The molecule has 1 atom stereocenters. The molecule has 1 aromatic rings. The number of likely N-dealkylation sites (tertiary alicyclic amines) is 1. The van der Waals surface area contributed by atoms with Gasteiger partial charge < -0.3 is 20.1 Å². The fourth-order valence-electron chi connectivity index (χ4n) is 2.57. The molecule has 0 aromatic heterocycles. The molecule has 0 aliphatic carbocycles. The van der Waals surface area contributed by atoms with Crippen LogP contribution in [-0.2, 0) is 4.79 Å². The number of carbonyl (C=O) groups excluding carboxylic acids is 1. The average molecular weight is 274 g/mol. The monoisotopic (exact) mass is 274 g/mol. The smallest absolute Gasteiger partial charge is 0.253 e. The van der Waals surface area contributed by atoms with Gasteiger partial charge in [0.15, 0.2) is 0 Å². The highest BCUT2D eigenvalue weighted by molar-refractivity contribution is 5.99. The highest BCUT2D eigenvalue weighted by Crippen LogP contribution is 2.31. The Kier molecular flexibility index (Phi) is 3.36. The van der Waals surface area contributed by atoms with Crippen molar-refractivity contribution < 1.29 is 14.3 Å². The van der Waals surface area contributed by atoms with Gasteiger partial charge in [-0.2, -0.15) is 0 Å². The zero-order chi connectivity index (χ0) is 14.1. The van der Waals surface area contributed by atoms with Gasteiger partial charge in [0.25, 0.3) is 5.91 Å². The van der Waals surface area contributed by atoms with Gasteiger partial charge in [0.2, 0.25) is 0 Å². The van der Waals surface area contributed by atoms with Gasteiger partial charge in [0.05, 0.1) is 12.7 Å². The van der Waals surface area contributed by atoms with E-state index < -0.39 is 0 Å².